The monoisotopic (exact) mass is 278 g/mol. The topological polar surface area (TPSA) is 78.4 Å². The predicted octanol–water partition coefficient (Wildman–Crippen LogP) is 1.29. The zero-order valence-corrected chi connectivity index (χ0v) is 11.9. The van der Waals surface area contributed by atoms with E-state index in [2.05, 4.69) is 15.5 Å². The average molecular weight is 278 g/mol. The quantitative estimate of drug-likeness (QED) is 0.848. The van der Waals surface area contributed by atoms with Crippen molar-refractivity contribution < 1.29 is 9.90 Å². The molecule has 6 heteroatoms. The molecule has 1 saturated carbocycles. The molecule has 1 fully saturated rings. The van der Waals surface area contributed by atoms with Crippen LogP contribution in [0.25, 0.3) is 0 Å². The normalized spacial score (nSPS) is 15.9. The summed E-state index contributed by atoms with van der Waals surface area (Å²) in [5, 5.41) is 20.0. The molecule has 0 aliphatic heterocycles. The molecule has 0 unspecified atom stereocenters. The van der Waals surface area contributed by atoms with Gasteiger partial charge in [-0.3, -0.25) is 4.79 Å². The molecule has 0 bridgehead atoms. The molecule has 6 nitrogen and oxygen atoms in total. The third-order valence-electron chi connectivity index (χ3n) is 3.76. The number of aromatic nitrogens is 2. The highest BCUT2D eigenvalue weighted by molar-refractivity contribution is 5.92. The van der Waals surface area contributed by atoms with E-state index in [1.165, 1.54) is 6.42 Å². The number of carbonyl (C=O) groups is 1. The second kappa shape index (κ2) is 7.19. The SMILES string of the molecule is CNc1ccc(C(=O)N(CCO)C2CCCCC2)nn1. The minimum atomic E-state index is -0.138. The van der Waals surface area contributed by atoms with Gasteiger partial charge in [-0.1, -0.05) is 19.3 Å². The van der Waals surface area contributed by atoms with Crippen LogP contribution in [-0.4, -0.2) is 52.4 Å². The van der Waals surface area contributed by atoms with Crippen molar-refractivity contribution >= 4 is 11.7 Å². The van der Waals surface area contributed by atoms with Crippen LogP contribution in [0.1, 0.15) is 42.6 Å². The van der Waals surface area contributed by atoms with Crippen molar-refractivity contribution in [2.45, 2.75) is 38.1 Å². The van der Waals surface area contributed by atoms with E-state index < -0.39 is 0 Å². The van der Waals surface area contributed by atoms with Crippen LogP contribution in [0.3, 0.4) is 0 Å². The van der Waals surface area contributed by atoms with Crippen molar-refractivity contribution in [1.82, 2.24) is 15.1 Å². The molecule has 1 aromatic rings. The zero-order chi connectivity index (χ0) is 14.4. The molecule has 1 aromatic heterocycles. The number of hydrogen-bond acceptors (Lipinski definition) is 5. The average Bonchev–Trinajstić information content (AvgIpc) is 2.53. The Bertz CT molecular complexity index is 429. The van der Waals surface area contributed by atoms with E-state index in [0.29, 0.717) is 18.1 Å². The summed E-state index contributed by atoms with van der Waals surface area (Å²) in [7, 11) is 1.76. The minimum Gasteiger partial charge on any atom is -0.395 e. The molecule has 110 valence electrons. The molecular weight excluding hydrogens is 256 g/mol. The second-order valence-electron chi connectivity index (χ2n) is 5.07. The molecule has 1 aliphatic carbocycles. The summed E-state index contributed by atoms with van der Waals surface area (Å²) >= 11 is 0. The van der Waals surface area contributed by atoms with Crippen molar-refractivity contribution in [1.29, 1.82) is 0 Å². The van der Waals surface area contributed by atoms with Crippen LogP contribution in [0.15, 0.2) is 12.1 Å². The highest BCUT2D eigenvalue weighted by Crippen LogP contribution is 2.23. The Balaban J connectivity index is 2.12. The molecular formula is C14H22N4O2. The van der Waals surface area contributed by atoms with Gasteiger partial charge in [0.15, 0.2) is 5.69 Å². The second-order valence-corrected chi connectivity index (χ2v) is 5.07. The molecule has 2 N–H and O–H groups in total. The zero-order valence-electron chi connectivity index (χ0n) is 11.9. The number of nitrogens with zero attached hydrogens (tertiary/aromatic N) is 3. The van der Waals surface area contributed by atoms with Crippen molar-refractivity contribution in [3.8, 4) is 0 Å². The van der Waals surface area contributed by atoms with E-state index >= 15 is 0 Å². The highest BCUT2D eigenvalue weighted by atomic mass is 16.3. The lowest BCUT2D eigenvalue weighted by Gasteiger charge is -2.33. The van der Waals surface area contributed by atoms with Gasteiger partial charge in [-0.15, -0.1) is 10.2 Å². The highest BCUT2D eigenvalue weighted by Gasteiger charge is 2.26. The Morgan fingerprint density at radius 3 is 2.65 bits per heavy atom. The van der Waals surface area contributed by atoms with E-state index in [1.807, 2.05) is 0 Å². The van der Waals surface area contributed by atoms with E-state index in [4.69, 9.17) is 0 Å². The first-order valence-corrected chi connectivity index (χ1v) is 7.19. The number of carbonyl (C=O) groups excluding carboxylic acids is 1. The number of anilines is 1. The number of nitrogens with one attached hydrogen (secondary N) is 1. The molecule has 0 spiro atoms. The summed E-state index contributed by atoms with van der Waals surface area (Å²) in [5.74, 6) is 0.494. The van der Waals surface area contributed by atoms with Crippen LogP contribution < -0.4 is 5.32 Å². The Labute approximate surface area is 119 Å². The predicted molar refractivity (Wildman–Crippen MR) is 76.6 cm³/mol. The van der Waals surface area contributed by atoms with Gasteiger partial charge in [-0.2, -0.15) is 0 Å². The molecule has 1 amide bonds. The van der Waals surface area contributed by atoms with Gasteiger partial charge >= 0.3 is 0 Å². The Morgan fingerprint density at radius 1 is 1.35 bits per heavy atom. The molecule has 1 heterocycles. The van der Waals surface area contributed by atoms with Crippen LogP contribution in [0, 0.1) is 0 Å². The molecule has 1 aliphatic rings. The fourth-order valence-electron chi connectivity index (χ4n) is 2.68. The maximum absolute atomic E-state index is 12.5. The maximum atomic E-state index is 12.5. The van der Waals surface area contributed by atoms with Gasteiger partial charge in [0.05, 0.1) is 6.61 Å². The fraction of sp³-hybridized carbons (Fsp3) is 0.643. The van der Waals surface area contributed by atoms with Gasteiger partial charge in [-0.25, -0.2) is 0 Å². The molecule has 0 aromatic carbocycles. The lowest BCUT2D eigenvalue weighted by atomic mass is 9.94. The first-order valence-electron chi connectivity index (χ1n) is 7.19. The van der Waals surface area contributed by atoms with E-state index in [0.717, 1.165) is 25.7 Å². The summed E-state index contributed by atoms with van der Waals surface area (Å²) in [5.41, 5.74) is 0.336. The van der Waals surface area contributed by atoms with Crippen LogP contribution >= 0.6 is 0 Å². The van der Waals surface area contributed by atoms with E-state index in [9.17, 15) is 9.90 Å². The largest absolute Gasteiger partial charge is 0.395 e. The lowest BCUT2D eigenvalue weighted by molar-refractivity contribution is 0.0578. The van der Waals surface area contributed by atoms with Crippen LogP contribution in [0.2, 0.25) is 0 Å². The Hall–Kier alpha value is -1.69. The fourth-order valence-corrected chi connectivity index (χ4v) is 2.68. The van der Waals surface area contributed by atoms with Crippen molar-refractivity contribution in [3.63, 3.8) is 0 Å². The van der Waals surface area contributed by atoms with E-state index in [-0.39, 0.29) is 18.6 Å². The van der Waals surface area contributed by atoms with Crippen LogP contribution in [0.4, 0.5) is 5.82 Å². The van der Waals surface area contributed by atoms with Crippen LogP contribution in [-0.2, 0) is 0 Å². The van der Waals surface area contributed by atoms with Crippen molar-refractivity contribution in [2.75, 3.05) is 25.5 Å². The van der Waals surface area contributed by atoms with Crippen molar-refractivity contribution in [2.24, 2.45) is 0 Å². The third kappa shape index (κ3) is 3.45. The van der Waals surface area contributed by atoms with Gasteiger partial charge in [0.25, 0.3) is 5.91 Å². The standard InChI is InChI=1S/C14H22N4O2/c1-15-13-8-7-12(16-17-13)14(20)18(9-10-19)11-5-3-2-4-6-11/h7-8,11,19H,2-6,9-10H2,1H3,(H,15,17). The van der Waals surface area contributed by atoms with Gasteiger partial charge in [0.2, 0.25) is 0 Å². The number of amides is 1. The smallest absolute Gasteiger partial charge is 0.274 e. The summed E-state index contributed by atoms with van der Waals surface area (Å²) in [4.78, 5) is 14.3. The van der Waals surface area contributed by atoms with Gasteiger partial charge in [-0.05, 0) is 25.0 Å². The summed E-state index contributed by atoms with van der Waals surface area (Å²) in [6, 6.07) is 3.63. The molecule has 0 radical (unpaired) electrons. The Kier molecular flexibility index (Phi) is 5.29. The van der Waals surface area contributed by atoms with E-state index in [1.54, 1.807) is 24.1 Å². The lowest BCUT2D eigenvalue weighted by Crippen LogP contribution is -2.43. The number of rotatable bonds is 5. The summed E-state index contributed by atoms with van der Waals surface area (Å²) in [6.07, 6.45) is 5.53. The third-order valence-corrected chi connectivity index (χ3v) is 3.76. The van der Waals surface area contributed by atoms with Gasteiger partial charge in [0.1, 0.15) is 5.82 Å². The maximum Gasteiger partial charge on any atom is 0.274 e. The van der Waals surface area contributed by atoms with Crippen LogP contribution in [0.5, 0.6) is 0 Å². The first-order chi connectivity index (χ1) is 9.76. The van der Waals surface area contributed by atoms with Gasteiger partial charge in [0, 0.05) is 19.6 Å². The number of aliphatic hydroxyl groups is 1. The number of hydrogen-bond donors (Lipinski definition) is 2. The Morgan fingerprint density at radius 2 is 2.10 bits per heavy atom. The summed E-state index contributed by atoms with van der Waals surface area (Å²) in [6.45, 7) is 0.337. The first kappa shape index (κ1) is 14.7. The summed E-state index contributed by atoms with van der Waals surface area (Å²) < 4.78 is 0. The number of aliphatic hydroxyl groups excluding tert-OH is 1. The van der Waals surface area contributed by atoms with Gasteiger partial charge < -0.3 is 15.3 Å². The molecule has 0 atom stereocenters. The molecule has 0 saturated heterocycles. The van der Waals surface area contributed by atoms with Crippen molar-refractivity contribution in [3.05, 3.63) is 17.8 Å². The molecule has 20 heavy (non-hydrogen) atoms. The molecule has 2 rings (SSSR count). The minimum absolute atomic E-state index is 0.0235.